The van der Waals surface area contributed by atoms with E-state index in [1.165, 1.54) is 17.7 Å². The van der Waals surface area contributed by atoms with Gasteiger partial charge in [0.05, 0.1) is 12.1 Å². The van der Waals surface area contributed by atoms with Crippen molar-refractivity contribution in [2.45, 2.75) is 25.0 Å². The number of hydrogen-bond acceptors (Lipinski definition) is 3. The van der Waals surface area contributed by atoms with E-state index in [0.717, 1.165) is 17.8 Å². The average molecular weight is 314 g/mol. The molecule has 23 heavy (non-hydrogen) atoms. The number of aliphatic hydroxyl groups excluding tert-OH is 1. The van der Waals surface area contributed by atoms with Gasteiger partial charge in [0.2, 0.25) is 0 Å². The molecule has 1 aliphatic rings. The first-order valence-corrected chi connectivity index (χ1v) is 8.05. The lowest BCUT2D eigenvalue weighted by molar-refractivity contribution is 0.140. The minimum atomic E-state index is -0.625. The van der Waals surface area contributed by atoms with E-state index in [9.17, 15) is 9.50 Å². The van der Waals surface area contributed by atoms with Crippen molar-refractivity contribution in [1.82, 2.24) is 5.32 Å². The standard InChI is InChI=1S/C19H23FN2O/c1-13-12-22(17-9-4-3-8-16(13)17)19(18(23)11-21-2)14-6-5-7-15(20)10-14/h3-10,13,18-19,21,23H,11-12H2,1-2H3/t13-,18?,19?/m1/s1. The summed E-state index contributed by atoms with van der Waals surface area (Å²) in [5.74, 6) is 0.119. The molecule has 0 saturated carbocycles. The maximum Gasteiger partial charge on any atom is 0.123 e. The molecule has 2 aromatic carbocycles. The van der Waals surface area contributed by atoms with Crippen LogP contribution in [0.1, 0.15) is 30.0 Å². The molecule has 0 fully saturated rings. The average Bonchev–Trinajstić information content (AvgIpc) is 2.86. The van der Waals surface area contributed by atoms with Crippen LogP contribution >= 0.6 is 0 Å². The van der Waals surface area contributed by atoms with Crippen LogP contribution in [0.3, 0.4) is 0 Å². The Kier molecular flexibility index (Phi) is 4.64. The Morgan fingerprint density at radius 2 is 2.04 bits per heavy atom. The van der Waals surface area contributed by atoms with Gasteiger partial charge in [-0.1, -0.05) is 37.3 Å². The van der Waals surface area contributed by atoms with Crippen molar-refractivity contribution in [1.29, 1.82) is 0 Å². The van der Waals surface area contributed by atoms with E-state index in [1.54, 1.807) is 6.07 Å². The molecular formula is C19H23FN2O. The van der Waals surface area contributed by atoms with Crippen LogP contribution in [0.15, 0.2) is 48.5 Å². The Balaban J connectivity index is 2.03. The second kappa shape index (κ2) is 6.69. The van der Waals surface area contributed by atoms with Gasteiger partial charge in [-0.05, 0) is 36.4 Å². The molecule has 0 aromatic heterocycles. The van der Waals surface area contributed by atoms with Crippen molar-refractivity contribution in [2.75, 3.05) is 25.0 Å². The number of hydrogen-bond donors (Lipinski definition) is 2. The minimum absolute atomic E-state index is 0.273. The summed E-state index contributed by atoms with van der Waals surface area (Å²) < 4.78 is 13.7. The van der Waals surface area contributed by atoms with E-state index >= 15 is 0 Å². The van der Waals surface area contributed by atoms with Crippen molar-refractivity contribution < 1.29 is 9.50 Å². The fraction of sp³-hybridized carbons (Fsp3) is 0.368. The molecular weight excluding hydrogens is 291 g/mol. The number of rotatable bonds is 5. The predicted molar refractivity (Wildman–Crippen MR) is 91.3 cm³/mol. The van der Waals surface area contributed by atoms with Crippen molar-refractivity contribution in [2.24, 2.45) is 0 Å². The Bertz CT molecular complexity index is 676. The molecule has 3 nitrogen and oxygen atoms in total. The Hall–Kier alpha value is -1.91. The smallest absolute Gasteiger partial charge is 0.123 e. The lowest BCUT2D eigenvalue weighted by Crippen LogP contribution is -2.40. The van der Waals surface area contributed by atoms with E-state index in [2.05, 4.69) is 29.3 Å². The summed E-state index contributed by atoms with van der Waals surface area (Å²) in [6.07, 6.45) is -0.625. The summed E-state index contributed by atoms with van der Waals surface area (Å²) in [4.78, 5) is 2.21. The molecule has 3 atom stereocenters. The quantitative estimate of drug-likeness (QED) is 0.890. The molecule has 0 bridgehead atoms. The van der Waals surface area contributed by atoms with Gasteiger partial charge < -0.3 is 15.3 Å². The van der Waals surface area contributed by atoms with Gasteiger partial charge in [-0.25, -0.2) is 4.39 Å². The van der Waals surface area contributed by atoms with Gasteiger partial charge in [-0.2, -0.15) is 0 Å². The van der Waals surface area contributed by atoms with Gasteiger partial charge >= 0.3 is 0 Å². The molecule has 2 N–H and O–H groups in total. The number of benzene rings is 2. The number of likely N-dealkylation sites (N-methyl/N-ethyl adjacent to an activating group) is 1. The largest absolute Gasteiger partial charge is 0.389 e. The number of anilines is 1. The third-order valence-electron chi connectivity index (χ3n) is 4.55. The highest BCUT2D eigenvalue weighted by atomic mass is 19.1. The molecule has 0 spiro atoms. The Labute approximate surface area is 136 Å². The zero-order chi connectivity index (χ0) is 16.4. The van der Waals surface area contributed by atoms with Crippen molar-refractivity contribution in [3.63, 3.8) is 0 Å². The Morgan fingerprint density at radius 1 is 1.26 bits per heavy atom. The van der Waals surface area contributed by atoms with Crippen LogP contribution < -0.4 is 10.2 Å². The molecule has 0 amide bonds. The molecule has 1 aliphatic heterocycles. The molecule has 3 rings (SSSR count). The fourth-order valence-electron chi connectivity index (χ4n) is 3.54. The number of fused-ring (bicyclic) bond motifs is 1. The molecule has 4 heteroatoms. The van der Waals surface area contributed by atoms with Gasteiger partial charge in [0.25, 0.3) is 0 Å². The van der Waals surface area contributed by atoms with Crippen molar-refractivity contribution in [3.05, 3.63) is 65.5 Å². The highest BCUT2D eigenvalue weighted by Crippen LogP contribution is 2.41. The lowest BCUT2D eigenvalue weighted by Gasteiger charge is -2.34. The minimum Gasteiger partial charge on any atom is -0.389 e. The summed E-state index contributed by atoms with van der Waals surface area (Å²) in [6, 6.07) is 14.5. The first-order valence-electron chi connectivity index (χ1n) is 8.05. The van der Waals surface area contributed by atoms with Gasteiger partial charge in [0.1, 0.15) is 5.82 Å². The number of para-hydroxylation sites is 1. The first kappa shape index (κ1) is 16.0. The molecule has 2 unspecified atom stereocenters. The molecule has 122 valence electrons. The third kappa shape index (κ3) is 3.09. The summed E-state index contributed by atoms with van der Waals surface area (Å²) in [7, 11) is 1.81. The SMILES string of the molecule is CNCC(O)C(c1cccc(F)c1)N1C[C@@H](C)c2ccccc21. The third-order valence-corrected chi connectivity index (χ3v) is 4.55. The van der Waals surface area contributed by atoms with Gasteiger partial charge in [-0.3, -0.25) is 0 Å². The Morgan fingerprint density at radius 3 is 2.78 bits per heavy atom. The number of nitrogens with one attached hydrogen (secondary N) is 1. The highest BCUT2D eigenvalue weighted by Gasteiger charge is 2.34. The summed E-state index contributed by atoms with van der Waals surface area (Å²) in [6.45, 7) is 3.46. The van der Waals surface area contributed by atoms with Crippen LogP contribution in [-0.4, -0.2) is 31.3 Å². The van der Waals surface area contributed by atoms with Crippen LogP contribution in [0.2, 0.25) is 0 Å². The van der Waals surface area contributed by atoms with Crippen LogP contribution in [0.25, 0.3) is 0 Å². The first-order chi connectivity index (χ1) is 11.1. The van der Waals surface area contributed by atoms with Crippen LogP contribution in [0.4, 0.5) is 10.1 Å². The maximum absolute atomic E-state index is 13.7. The number of halogens is 1. The zero-order valence-electron chi connectivity index (χ0n) is 13.5. The number of aliphatic hydroxyl groups is 1. The summed E-state index contributed by atoms with van der Waals surface area (Å²) in [5, 5.41) is 13.7. The molecule has 0 aliphatic carbocycles. The molecule has 0 saturated heterocycles. The van der Waals surface area contributed by atoms with Gasteiger partial charge in [0.15, 0.2) is 0 Å². The molecule has 1 heterocycles. The van der Waals surface area contributed by atoms with E-state index < -0.39 is 6.10 Å². The predicted octanol–water partition coefficient (Wildman–Crippen LogP) is 3.07. The van der Waals surface area contributed by atoms with Crippen molar-refractivity contribution in [3.8, 4) is 0 Å². The van der Waals surface area contributed by atoms with Crippen LogP contribution in [0, 0.1) is 5.82 Å². The molecule has 0 radical (unpaired) electrons. The van der Waals surface area contributed by atoms with Crippen LogP contribution in [-0.2, 0) is 0 Å². The summed E-state index contributed by atoms with van der Waals surface area (Å²) in [5.41, 5.74) is 3.21. The van der Waals surface area contributed by atoms with E-state index in [4.69, 9.17) is 0 Å². The van der Waals surface area contributed by atoms with Crippen molar-refractivity contribution >= 4 is 5.69 Å². The maximum atomic E-state index is 13.7. The second-order valence-corrected chi connectivity index (χ2v) is 6.24. The fourth-order valence-corrected chi connectivity index (χ4v) is 3.54. The lowest BCUT2D eigenvalue weighted by atomic mass is 9.99. The monoisotopic (exact) mass is 314 g/mol. The van der Waals surface area contributed by atoms with Gasteiger partial charge in [0, 0.05) is 24.7 Å². The van der Waals surface area contributed by atoms with E-state index in [0.29, 0.717) is 12.5 Å². The van der Waals surface area contributed by atoms with E-state index in [1.807, 2.05) is 25.2 Å². The molecule has 2 aromatic rings. The highest BCUT2D eigenvalue weighted by molar-refractivity contribution is 5.61. The second-order valence-electron chi connectivity index (χ2n) is 6.24. The van der Waals surface area contributed by atoms with Gasteiger partial charge in [-0.15, -0.1) is 0 Å². The van der Waals surface area contributed by atoms with E-state index in [-0.39, 0.29) is 11.9 Å². The number of nitrogens with zero attached hydrogens (tertiary/aromatic N) is 1. The summed E-state index contributed by atoms with van der Waals surface area (Å²) >= 11 is 0. The van der Waals surface area contributed by atoms with Crippen LogP contribution in [0.5, 0.6) is 0 Å². The zero-order valence-corrected chi connectivity index (χ0v) is 13.5. The normalized spacial score (nSPS) is 19.5. The topological polar surface area (TPSA) is 35.5 Å².